The molecule has 0 amide bonds. The SMILES string of the molecule is CCCNC(CCC)CCc1ccc(Br)cc1F. The Balaban J connectivity index is 2.49. The molecule has 0 saturated heterocycles. The molecular weight excluding hydrogens is 293 g/mol. The van der Waals surface area contributed by atoms with Crippen LogP contribution in [0.3, 0.4) is 0 Å². The maximum Gasteiger partial charge on any atom is 0.127 e. The molecule has 0 fully saturated rings. The van der Waals surface area contributed by atoms with Gasteiger partial charge in [-0.25, -0.2) is 4.39 Å². The Kier molecular flexibility index (Phi) is 7.52. The molecule has 18 heavy (non-hydrogen) atoms. The topological polar surface area (TPSA) is 12.0 Å². The van der Waals surface area contributed by atoms with Crippen LogP contribution < -0.4 is 5.32 Å². The third kappa shape index (κ3) is 5.49. The zero-order valence-corrected chi connectivity index (χ0v) is 12.9. The van der Waals surface area contributed by atoms with Crippen LogP contribution in [0, 0.1) is 5.82 Å². The summed E-state index contributed by atoms with van der Waals surface area (Å²) in [5, 5.41) is 3.54. The fourth-order valence-electron chi connectivity index (χ4n) is 2.10. The summed E-state index contributed by atoms with van der Waals surface area (Å²) in [7, 11) is 0. The Morgan fingerprint density at radius 2 is 2.00 bits per heavy atom. The molecule has 0 heterocycles. The predicted octanol–water partition coefficient (Wildman–Crippen LogP) is 4.69. The van der Waals surface area contributed by atoms with Gasteiger partial charge >= 0.3 is 0 Å². The highest BCUT2D eigenvalue weighted by atomic mass is 79.9. The lowest BCUT2D eigenvalue weighted by atomic mass is 10.0. The summed E-state index contributed by atoms with van der Waals surface area (Å²) in [6.45, 7) is 5.42. The van der Waals surface area contributed by atoms with E-state index in [9.17, 15) is 4.39 Å². The van der Waals surface area contributed by atoms with Crippen molar-refractivity contribution in [3.05, 3.63) is 34.1 Å². The molecule has 0 spiro atoms. The van der Waals surface area contributed by atoms with E-state index in [0.717, 1.165) is 42.3 Å². The fraction of sp³-hybridized carbons (Fsp3) is 0.600. The minimum Gasteiger partial charge on any atom is -0.314 e. The number of halogens is 2. The molecule has 1 atom stereocenters. The van der Waals surface area contributed by atoms with E-state index in [1.54, 1.807) is 6.07 Å². The first-order chi connectivity index (χ1) is 8.67. The number of aryl methyl sites for hydroxylation is 1. The standard InChI is InChI=1S/C15H23BrFN/c1-3-5-14(18-10-4-2)9-7-12-6-8-13(16)11-15(12)17/h6,8,11,14,18H,3-5,7,9-10H2,1-2H3. The lowest BCUT2D eigenvalue weighted by molar-refractivity contribution is 0.445. The first-order valence-corrected chi connectivity index (χ1v) is 7.64. The van der Waals surface area contributed by atoms with Gasteiger partial charge in [0.15, 0.2) is 0 Å². The van der Waals surface area contributed by atoms with Crippen LogP contribution >= 0.6 is 15.9 Å². The molecule has 0 bridgehead atoms. The Bertz CT molecular complexity index is 354. The quantitative estimate of drug-likeness (QED) is 0.734. The molecule has 1 nitrogen and oxygen atoms in total. The third-order valence-electron chi connectivity index (χ3n) is 3.10. The predicted molar refractivity (Wildman–Crippen MR) is 79.4 cm³/mol. The molecule has 1 aromatic rings. The molecule has 0 aromatic heterocycles. The van der Waals surface area contributed by atoms with Gasteiger partial charge in [0.05, 0.1) is 0 Å². The summed E-state index contributed by atoms with van der Waals surface area (Å²) in [5.41, 5.74) is 0.817. The van der Waals surface area contributed by atoms with Crippen LogP contribution in [0.4, 0.5) is 4.39 Å². The van der Waals surface area contributed by atoms with Crippen LogP contribution in [0.1, 0.15) is 45.1 Å². The Morgan fingerprint density at radius 1 is 1.22 bits per heavy atom. The zero-order chi connectivity index (χ0) is 13.4. The van der Waals surface area contributed by atoms with Crippen molar-refractivity contribution in [3.63, 3.8) is 0 Å². The second-order valence-corrected chi connectivity index (χ2v) is 5.63. The lowest BCUT2D eigenvalue weighted by Gasteiger charge is -2.17. The summed E-state index contributed by atoms with van der Waals surface area (Å²) < 4.78 is 14.5. The van der Waals surface area contributed by atoms with Crippen molar-refractivity contribution in [1.29, 1.82) is 0 Å². The molecular formula is C15H23BrFN. The van der Waals surface area contributed by atoms with E-state index in [1.807, 2.05) is 12.1 Å². The van der Waals surface area contributed by atoms with E-state index in [0.29, 0.717) is 6.04 Å². The Labute approximate surface area is 118 Å². The molecule has 0 aliphatic carbocycles. The summed E-state index contributed by atoms with van der Waals surface area (Å²) in [6.07, 6.45) is 5.29. The number of hydrogen-bond acceptors (Lipinski definition) is 1. The first kappa shape index (κ1) is 15.6. The van der Waals surface area contributed by atoms with E-state index in [4.69, 9.17) is 0 Å². The Morgan fingerprint density at radius 3 is 2.61 bits per heavy atom. The van der Waals surface area contributed by atoms with Crippen molar-refractivity contribution >= 4 is 15.9 Å². The second-order valence-electron chi connectivity index (χ2n) is 4.71. The molecule has 1 unspecified atom stereocenters. The van der Waals surface area contributed by atoms with Crippen LogP contribution in [0.2, 0.25) is 0 Å². The maximum absolute atomic E-state index is 13.7. The minimum absolute atomic E-state index is 0.102. The largest absolute Gasteiger partial charge is 0.314 e. The average molecular weight is 316 g/mol. The van der Waals surface area contributed by atoms with Gasteiger partial charge in [-0.3, -0.25) is 0 Å². The number of benzene rings is 1. The molecule has 102 valence electrons. The first-order valence-electron chi connectivity index (χ1n) is 6.84. The van der Waals surface area contributed by atoms with Crippen molar-refractivity contribution < 1.29 is 4.39 Å². The van der Waals surface area contributed by atoms with E-state index in [-0.39, 0.29) is 5.82 Å². The second kappa shape index (κ2) is 8.65. The van der Waals surface area contributed by atoms with Gasteiger partial charge < -0.3 is 5.32 Å². The van der Waals surface area contributed by atoms with Gasteiger partial charge in [-0.1, -0.05) is 42.3 Å². The average Bonchev–Trinajstić information content (AvgIpc) is 2.34. The number of rotatable bonds is 8. The van der Waals surface area contributed by atoms with Crippen LogP contribution in [0.25, 0.3) is 0 Å². The molecule has 0 aliphatic heterocycles. The van der Waals surface area contributed by atoms with Crippen molar-refractivity contribution in [3.8, 4) is 0 Å². The number of nitrogens with one attached hydrogen (secondary N) is 1. The summed E-state index contributed by atoms with van der Waals surface area (Å²) in [5.74, 6) is -0.102. The van der Waals surface area contributed by atoms with Gasteiger partial charge in [0.25, 0.3) is 0 Å². The summed E-state index contributed by atoms with van der Waals surface area (Å²) >= 11 is 3.28. The van der Waals surface area contributed by atoms with E-state index in [1.165, 1.54) is 6.42 Å². The van der Waals surface area contributed by atoms with Gasteiger partial charge in [-0.05, 0) is 49.9 Å². The normalized spacial score (nSPS) is 12.7. The highest BCUT2D eigenvalue weighted by Gasteiger charge is 2.09. The van der Waals surface area contributed by atoms with Crippen molar-refractivity contribution in [2.75, 3.05) is 6.54 Å². The van der Waals surface area contributed by atoms with E-state index < -0.39 is 0 Å². The summed E-state index contributed by atoms with van der Waals surface area (Å²) in [4.78, 5) is 0. The third-order valence-corrected chi connectivity index (χ3v) is 3.59. The van der Waals surface area contributed by atoms with Gasteiger partial charge in [-0.15, -0.1) is 0 Å². The highest BCUT2D eigenvalue weighted by Crippen LogP contribution is 2.17. The van der Waals surface area contributed by atoms with Crippen molar-refractivity contribution in [2.45, 2.75) is 52.0 Å². The molecule has 0 saturated carbocycles. The molecule has 1 aromatic carbocycles. The van der Waals surface area contributed by atoms with Crippen molar-refractivity contribution in [1.82, 2.24) is 5.32 Å². The number of hydrogen-bond donors (Lipinski definition) is 1. The molecule has 0 radical (unpaired) electrons. The summed E-state index contributed by atoms with van der Waals surface area (Å²) in [6, 6.07) is 5.84. The molecule has 3 heteroatoms. The fourth-order valence-corrected chi connectivity index (χ4v) is 2.43. The molecule has 1 rings (SSSR count). The monoisotopic (exact) mass is 315 g/mol. The molecule has 0 aliphatic rings. The van der Waals surface area contributed by atoms with E-state index >= 15 is 0 Å². The van der Waals surface area contributed by atoms with E-state index in [2.05, 4.69) is 35.1 Å². The maximum atomic E-state index is 13.7. The molecule has 1 N–H and O–H groups in total. The van der Waals surface area contributed by atoms with Gasteiger partial charge in [0, 0.05) is 10.5 Å². The van der Waals surface area contributed by atoms with Crippen LogP contribution in [0.5, 0.6) is 0 Å². The van der Waals surface area contributed by atoms with Crippen LogP contribution in [0.15, 0.2) is 22.7 Å². The van der Waals surface area contributed by atoms with Gasteiger partial charge in [-0.2, -0.15) is 0 Å². The zero-order valence-electron chi connectivity index (χ0n) is 11.3. The van der Waals surface area contributed by atoms with Gasteiger partial charge in [0.2, 0.25) is 0 Å². The van der Waals surface area contributed by atoms with Crippen LogP contribution in [-0.2, 0) is 6.42 Å². The van der Waals surface area contributed by atoms with Crippen molar-refractivity contribution in [2.24, 2.45) is 0 Å². The van der Waals surface area contributed by atoms with Crippen LogP contribution in [-0.4, -0.2) is 12.6 Å². The highest BCUT2D eigenvalue weighted by molar-refractivity contribution is 9.10. The smallest absolute Gasteiger partial charge is 0.127 e. The lowest BCUT2D eigenvalue weighted by Crippen LogP contribution is -2.30. The Hall–Kier alpha value is -0.410. The van der Waals surface area contributed by atoms with Gasteiger partial charge in [0.1, 0.15) is 5.82 Å². The minimum atomic E-state index is -0.102.